The number of anilines is 2. The minimum Gasteiger partial charge on any atom is -0.370 e. The molecule has 3 rings (SSSR count). The largest absolute Gasteiger partial charge is 0.370 e. The molecule has 3 aromatic rings. The zero-order chi connectivity index (χ0) is 18.4. The molecule has 0 spiro atoms. The summed E-state index contributed by atoms with van der Waals surface area (Å²) in [6.45, 7) is 2.73. The molecule has 1 amide bonds. The first-order valence-electron chi connectivity index (χ1n) is 8.42. The molecule has 0 bridgehead atoms. The third kappa shape index (κ3) is 5.07. The second-order valence-electron chi connectivity index (χ2n) is 6.05. The van der Waals surface area contributed by atoms with E-state index in [0.29, 0.717) is 11.4 Å². The Labute approximate surface area is 158 Å². The van der Waals surface area contributed by atoms with Gasteiger partial charge in [-0.1, -0.05) is 41.4 Å². The van der Waals surface area contributed by atoms with E-state index in [1.54, 1.807) is 18.3 Å². The Morgan fingerprint density at radius 3 is 2.50 bits per heavy atom. The average molecular weight is 366 g/mol. The van der Waals surface area contributed by atoms with Gasteiger partial charge in [-0.3, -0.25) is 4.79 Å². The molecule has 0 radical (unpaired) electrons. The highest BCUT2D eigenvalue weighted by molar-refractivity contribution is 6.30. The number of pyridine rings is 1. The van der Waals surface area contributed by atoms with E-state index >= 15 is 0 Å². The Balaban J connectivity index is 1.57. The van der Waals surface area contributed by atoms with Gasteiger partial charge in [-0.05, 0) is 55.3 Å². The van der Waals surface area contributed by atoms with Gasteiger partial charge in [0.15, 0.2) is 0 Å². The number of nitrogens with zero attached hydrogens (tertiary/aromatic N) is 1. The van der Waals surface area contributed by atoms with Crippen molar-refractivity contribution < 1.29 is 4.79 Å². The zero-order valence-electron chi connectivity index (χ0n) is 14.5. The van der Waals surface area contributed by atoms with E-state index in [0.717, 1.165) is 29.2 Å². The maximum Gasteiger partial charge on any atom is 0.255 e. The predicted octanol–water partition coefficient (Wildman–Crippen LogP) is 4.95. The van der Waals surface area contributed by atoms with E-state index < -0.39 is 0 Å². The maximum atomic E-state index is 12.4. The molecule has 0 saturated carbocycles. The SMILES string of the molecule is Cc1ccc(NC(=O)c2ccnc(NCCc3ccc(Cl)cc3)c2)cc1. The maximum absolute atomic E-state index is 12.4. The minimum atomic E-state index is -0.156. The number of halogens is 1. The summed E-state index contributed by atoms with van der Waals surface area (Å²) in [4.78, 5) is 16.7. The topological polar surface area (TPSA) is 54.0 Å². The molecular formula is C21H20ClN3O. The molecule has 26 heavy (non-hydrogen) atoms. The van der Waals surface area contributed by atoms with Gasteiger partial charge in [-0.25, -0.2) is 4.98 Å². The summed E-state index contributed by atoms with van der Waals surface area (Å²) in [7, 11) is 0. The van der Waals surface area contributed by atoms with Gasteiger partial charge in [0, 0.05) is 29.0 Å². The smallest absolute Gasteiger partial charge is 0.255 e. The van der Waals surface area contributed by atoms with E-state index in [-0.39, 0.29) is 5.91 Å². The molecule has 2 N–H and O–H groups in total. The van der Waals surface area contributed by atoms with Crippen molar-refractivity contribution in [2.75, 3.05) is 17.2 Å². The van der Waals surface area contributed by atoms with Gasteiger partial charge in [0.05, 0.1) is 0 Å². The highest BCUT2D eigenvalue weighted by atomic mass is 35.5. The van der Waals surface area contributed by atoms with Crippen LogP contribution in [0.4, 0.5) is 11.5 Å². The summed E-state index contributed by atoms with van der Waals surface area (Å²) in [5.74, 6) is 0.521. The summed E-state index contributed by atoms with van der Waals surface area (Å²) < 4.78 is 0. The number of amides is 1. The third-order valence-corrected chi connectivity index (χ3v) is 4.22. The van der Waals surface area contributed by atoms with Crippen molar-refractivity contribution in [1.29, 1.82) is 0 Å². The van der Waals surface area contributed by atoms with E-state index in [9.17, 15) is 4.79 Å². The highest BCUT2D eigenvalue weighted by Gasteiger charge is 2.07. The standard InChI is InChI=1S/C21H20ClN3O/c1-15-2-8-19(9-3-15)25-21(26)17-11-13-24-20(14-17)23-12-10-16-4-6-18(22)7-5-16/h2-9,11,13-14H,10,12H2,1H3,(H,23,24)(H,25,26). The molecular weight excluding hydrogens is 346 g/mol. The van der Waals surface area contributed by atoms with Crippen LogP contribution in [0.5, 0.6) is 0 Å². The van der Waals surface area contributed by atoms with Crippen molar-refractivity contribution >= 4 is 29.0 Å². The Bertz CT molecular complexity index is 877. The normalized spacial score (nSPS) is 10.4. The van der Waals surface area contributed by atoms with Crippen molar-refractivity contribution in [2.45, 2.75) is 13.3 Å². The predicted molar refractivity (Wildman–Crippen MR) is 107 cm³/mol. The van der Waals surface area contributed by atoms with Crippen molar-refractivity contribution in [2.24, 2.45) is 0 Å². The molecule has 0 aliphatic rings. The summed E-state index contributed by atoms with van der Waals surface area (Å²) in [6, 6.07) is 18.9. The quantitative estimate of drug-likeness (QED) is 0.649. The molecule has 5 heteroatoms. The number of aryl methyl sites for hydroxylation is 1. The number of hydrogen-bond acceptors (Lipinski definition) is 3. The molecule has 2 aromatic carbocycles. The molecule has 0 unspecified atom stereocenters. The Hall–Kier alpha value is -2.85. The van der Waals surface area contributed by atoms with Gasteiger partial charge >= 0.3 is 0 Å². The molecule has 0 saturated heterocycles. The van der Waals surface area contributed by atoms with Gasteiger partial charge in [0.1, 0.15) is 5.82 Å². The zero-order valence-corrected chi connectivity index (χ0v) is 15.3. The monoisotopic (exact) mass is 365 g/mol. The molecule has 1 aromatic heterocycles. The van der Waals surface area contributed by atoms with Crippen molar-refractivity contribution in [3.63, 3.8) is 0 Å². The van der Waals surface area contributed by atoms with Crippen molar-refractivity contribution in [3.8, 4) is 0 Å². The number of carbonyl (C=O) groups is 1. The second kappa shape index (κ2) is 8.50. The second-order valence-corrected chi connectivity index (χ2v) is 6.49. The molecule has 0 aliphatic carbocycles. The van der Waals surface area contributed by atoms with Crippen LogP contribution in [0, 0.1) is 6.92 Å². The van der Waals surface area contributed by atoms with Gasteiger partial charge < -0.3 is 10.6 Å². The van der Waals surface area contributed by atoms with Crippen LogP contribution < -0.4 is 10.6 Å². The van der Waals surface area contributed by atoms with Gasteiger partial charge in [0.25, 0.3) is 5.91 Å². The first-order valence-corrected chi connectivity index (χ1v) is 8.80. The van der Waals surface area contributed by atoms with Crippen LogP contribution >= 0.6 is 11.6 Å². The lowest BCUT2D eigenvalue weighted by atomic mass is 10.1. The number of hydrogen-bond donors (Lipinski definition) is 2. The first kappa shape index (κ1) is 18.0. The summed E-state index contributed by atoms with van der Waals surface area (Å²) in [6.07, 6.45) is 2.48. The number of aromatic nitrogens is 1. The van der Waals surface area contributed by atoms with E-state index in [2.05, 4.69) is 15.6 Å². The molecule has 0 atom stereocenters. The summed E-state index contributed by atoms with van der Waals surface area (Å²) in [5.41, 5.74) is 3.68. The number of rotatable bonds is 6. The third-order valence-electron chi connectivity index (χ3n) is 3.96. The highest BCUT2D eigenvalue weighted by Crippen LogP contribution is 2.13. The first-order chi connectivity index (χ1) is 12.6. The lowest BCUT2D eigenvalue weighted by Gasteiger charge is -2.09. The van der Waals surface area contributed by atoms with Gasteiger partial charge in [-0.2, -0.15) is 0 Å². The fourth-order valence-electron chi connectivity index (χ4n) is 2.49. The van der Waals surface area contributed by atoms with Gasteiger partial charge in [0.2, 0.25) is 0 Å². The molecule has 132 valence electrons. The summed E-state index contributed by atoms with van der Waals surface area (Å²) in [5, 5.41) is 6.88. The Morgan fingerprint density at radius 1 is 1.04 bits per heavy atom. The molecule has 1 heterocycles. The van der Waals surface area contributed by atoms with Crippen LogP contribution in [0.2, 0.25) is 5.02 Å². The molecule has 4 nitrogen and oxygen atoms in total. The lowest BCUT2D eigenvalue weighted by Crippen LogP contribution is -2.13. The van der Waals surface area contributed by atoms with E-state index in [1.807, 2.05) is 55.5 Å². The van der Waals surface area contributed by atoms with Crippen molar-refractivity contribution in [3.05, 3.63) is 88.6 Å². The van der Waals surface area contributed by atoms with Crippen LogP contribution in [-0.4, -0.2) is 17.4 Å². The number of benzene rings is 2. The van der Waals surface area contributed by atoms with Gasteiger partial charge in [-0.15, -0.1) is 0 Å². The minimum absolute atomic E-state index is 0.156. The fraction of sp³-hybridized carbons (Fsp3) is 0.143. The Kier molecular flexibility index (Phi) is 5.87. The number of carbonyl (C=O) groups excluding carboxylic acids is 1. The lowest BCUT2D eigenvalue weighted by molar-refractivity contribution is 0.102. The van der Waals surface area contributed by atoms with Crippen LogP contribution in [0.15, 0.2) is 66.9 Å². The average Bonchev–Trinajstić information content (AvgIpc) is 2.65. The fourth-order valence-corrected chi connectivity index (χ4v) is 2.62. The van der Waals surface area contributed by atoms with Crippen LogP contribution in [0.1, 0.15) is 21.5 Å². The molecule has 0 aliphatic heterocycles. The van der Waals surface area contributed by atoms with Crippen molar-refractivity contribution in [1.82, 2.24) is 4.98 Å². The molecule has 0 fully saturated rings. The van der Waals surface area contributed by atoms with Crippen LogP contribution in [0.25, 0.3) is 0 Å². The van der Waals surface area contributed by atoms with Crippen LogP contribution in [0.3, 0.4) is 0 Å². The van der Waals surface area contributed by atoms with E-state index in [1.165, 1.54) is 5.56 Å². The van der Waals surface area contributed by atoms with E-state index in [4.69, 9.17) is 11.6 Å². The number of nitrogens with one attached hydrogen (secondary N) is 2. The van der Waals surface area contributed by atoms with Crippen LogP contribution in [-0.2, 0) is 6.42 Å². The summed E-state index contributed by atoms with van der Waals surface area (Å²) >= 11 is 5.89. The Morgan fingerprint density at radius 2 is 1.77 bits per heavy atom.